The fourth-order valence-corrected chi connectivity index (χ4v) is 3.30. The number of likely N-dealkylation sites (tertiary alicyclic amines) is 1. The zero-order valence-corrected chi connectivity index (χ0v) is 13.6. The van der Waals surface area contributed by atoms with Crippen LogP contribution in [0.2, 0.25) is 0 Å². The zero-order valence-electron chi connectivity index (χ0n) is 13.6. The van der Waals surface area contributed by atoms with Gasteiger partial charge in [-0.1, -0.05) is 30.3 Å². The maximum Gasteiger partial charge on any atom is 0.314 e. The number of aliphatic hydroxyl groups excluding tert-OH is 1. The molecule has 0 unspecified atom stereocenters. The van der Waals surface area contributed by atoms with E-state index in [0.29, 0.717) is 5.41 Å². The standard InChI is InChI=1S/C18H27N3O2/c22-16(15-6-2-1-3-7-15)12-19-17(23)20-13-18(8-9-18)14-21-10-4-5-11-21/h1-3,6-7,16,22H,4-5,8-14H2,(H2,19,20,23)/t16-/m1/s1. The van der Waals surface area contributed by atoms with Gasteiger partial charge in [-0.3, -0.25) is 0 Å². The van der Waals surface area contributed by atoms with Crippen molar-refractivity contribution in [2.45, 2.75) is 31.8 Å². The van der Waals surface area contributed by atoms with Crippen molar-refractivity contribution in [3.8, 4) is 0 Å². The van der Waals surface area contributed by atoms with Crippen LogP contribution in [0.15, 0.2) is 30.3 Å². The van der Waals surface area contributed by atoms with Crippen molar-refractivity contribution < 1.29 is 9.90 Å². The number of hydrogen-bond donors (Lipinski definition) is 3. The molecular weight excluding hydrogens is 290 g/mol. The topological polar surface area (TPSA) is 64.6 Å². The lowest BCUT2D eigenvalue weighted by molar-refractivity contribution is 0.172. The first-order valence-electron chi connectivity index (χ1n) is 8.64. The number of carbonyl (C=O) groups is 1. The Morgan fingerprint density at radius 3 is 2.52 bits per heavy atom. The van der Waals surface area contributed by atoms with Gasteiger partial charge in [0.05, 0.1) is 6.10 Å². The van der Waals surface area contributed by atoms with Crippen LogP contribution >= 0.6 is 0 Å². The van der Waals surface area contributed by atoms with Gasteiger partial charge in [-0.05, 0) is 44.3 Å². The second kappa shape index (κ2) is 7.32. The molecule has 1 saturated carbocycles. The van der Waals surface area contributed by atoms with Gasteiger partial charge in [0.15, 0.2) is 0 Å². The van der Waals surface area contributed by atoms with Gasteiger partial charge >= 0.3 is 6.03 Å². The minimum absolute atomic E-state index is 0.187. The van der Waals surface area contributed by atoms with Gasteiger partial charge in [0.1, 0.15) is 0 Å². The largest absolute Gasteiger partial charge is 0.387 e. The summed E-state index contributed by atoms with van der Waals surface area (Å²) in [5, 5.41) is 15.8. The molecule has 0 spiro atoms. The highest BCUT2D eigenvalue weighted by molar-refractivity contribution is 5.73. The Kier molecular flexibility index (Phi) is 5.18. The molecule has 1 aliphatic heterocycles. The molecule has 0 radical (unpaired) electrons. The summed E-state index contributed by atoms with van der Waals surface area (Å²) >= 11 is 0. The molecule has 3 N–H and O–H groups in total. The number of benzene rings is 1. The van der Waals surface area contributed by atoms with Gasteiger partial charge in [0.2, 0.25) is 0 Å². The maximum absolute atomic E-state index is 11.9. The first kappa shape index (κ1) is 16.3. The fraction of sp³-hybridized carbons (Fsp3) is 0.611. The summed E-state index contributed by atoms with van der Waals surface area (Å²) < 4.78 is 0. The summed E-state index contributed by atoms with van der Waals surface area (Å²) in [7, 11) is 0. The number of nitrogens with zero attached hydrogens (tertiary/aromatic N) is 1. The van der Waals surface area contributed by atoms with E-state index in [-0.39, 0.29) is 12.6 Å². The Hall–Kier alpha value is -1.59. The molecule has 23 heavy (non-hydrogen) atoms. The second-order valence-corrected chi connectivity index (χ2v) is 6.97. The molecule has 1 atom stereocenters. The Labute approximate surface area is 138 Å². The van der Waals surface area contributed by atoms with Crippen molar-refractivity contribution >= 4 is 6.03 Å². The smallest absolute Gasteiger partial charge is 0.314 e. The molecule has 5 heteroatoms. The number of carbonyl (C=O) groups excluding carboxylic acids is 1. The van der Waals surface area contributed by atoms with Gasteiger partial charge < -0.3 is 20.6 Å². The maximum atomic E-state index is 11.9. The molecule has 0 aromatic heterocycles. The summed E-state index contributed by atoms with van der Waals surface area (Å²) in [4.78, 5) is 14.5. The molecule has 2 fully saturated rings. The van der Waals surface area contributed by atoms with Crippen LogP contribution in [-0.4, -0.2) is 48.8 Å². The van der Waals surface area contributed by atoms with E-state index in [1.54, 1.807) is 0 Å². The number of aliphatic hydroxyl groups is 1. The van der Waals surface area contributed by atoms with Gasteiger partial charge in [0, 0.05) is 25.0 Å². The molecule has 126 valence electrons. The third-order valence-corrected chi connectivity index (χ3v) is 4.98. The molecule has 0 bridgehead atoms. The Balaban J connectivity index is 1.36. The lowest BCUT2D eigenvalue weighted by atomic mass is 10.1. The minimum Gasteiger partial charge on any atom is -0.387 e. The van der Waals surface area contributed by atoms with Crippen LogP contribution in [0, 0.1) is 5.41 Å². The first-order valence-corrected chi connectivity index (χ1v) is 8.64. The van der Waals surface area contributed by atoms with E-state index < -0.39 is 6.10 Å². The molecule has 2 amide bonds. The van der Waals surface area contributed by atoms with Crippen LogP contribution in [0.5, 0.6) is 0 Å². The van der Waals surface area contributed by atoms with Gasteiger partial charge in [-0.2, -0.15) is 0 Å². The SMILES string of the molecule is O=C(NC[C@@H](O)c1ccccc1)NCC1(CN2CCCC2)CC1. The molecular formula is C18H27N3O2. The molecule has 5 nitrogen and oxygen atoms in total. The van der Waals surface area contributed by atoms with Crippen LogP contribution in [0.1, 0.15) is 37.4 Å². The zero-order chi connectivity index (χ0) is 16.1. The number of hydrogen-bond acceptors (Lipinski definition) is 3. The summed E-state index contributed by atoms with van der Waals surface area (Å²) in [5.74, 6) is 0. The molecule has 1 saturated heterocycles. The summed E-state index contributed by atoms with van der Waals surface area (Å²) in [6.07, 6.45) is 4.36. The van der Waals surface area contributed by atoms with Crippen LogP contribution in [-0.2, 0) is 0 Å². The van der Waals surface area contributed by atoms with Crippen LogP contribution in [0.3, 0.4) is 0 Å². The monoisotopic (exact) mass is 317 g/mol. The van der Waals surface area contributed by atoms with Gasteiger partial charge in [-0.25, -0.2) is 4.79 Å². The Morgan fingerprint density at radius 2 is 1.87 bits per heavy atom. The van der Waals surface area contributed by atoms with Gasteiger partial charge in [-0.15, -0.1) is 0 Å². The van der Waals surface area contributed by atoms with E-state index in [1.165, 1.54) is 38.8 Å². The van der Waals surface area contributed by atoms with E-state index in [1.807, 2.05) is 30.3 Å². The number of rotatable bonds is 7. The summed E-state index contributed by atoms with van der Waals surface area (Å²) in [6.45, 7) is 4.49. The summed E-state index contributed by atoms with van der Waals surface area (Å²) in [5.41, 5.74) is 1.11. The van der Waals surface area contributed by atoms with Crippen LogP contribution in [0.25, 0.3) is 0 Å². The van der Waals surface area contributed by atoms with Crippen molar-refractivity contribution in [2.24, 2.45) is 5.41 Å². The fourth-order valence-electron chi connectivity index (χ4n) is 3.30. The highest BCUT2D eigenvalue weighted by Crippen LogP contribution is 2.46. The Morgan fingerprint density at radius 1 is 1.17 bits per heavy atom. The van der Waals surface area contributed by atoms with Crippen molar-refractivity contribution in [1.82, 2.24) is 15.5 Å². The van der Waals surface area contributed by atoms with E-state index in [4.69, 9.17) is 0 Å². The van der Waals surface area contributed by atoms with E-state index >= 15 is 0 Å². The molecule has 1 aromatic carbocycles. The minimum atomic E-state index is -0.665. The highest BCUT2D eigenvalue weighted by Gasteiger charge is 2.44. The second-order valence-electron chi connectivity index (χ2n) is 6.97. The lowest BCUT2D eigenvalue weighted by Crippen LogP contribution is -2.42. The van der Waals surface area contributed by atoms with Crippen molar-refractivity contribution in [1.29, 1.82) is 0 Å². The van der Waals surface area contributed by atoms with Crippen molar-refractivity contribution in [2.75, 3.05) is 32.7 Å². The third-order valence-electron chi connectivity index (χ3n) is 4.98. The first-order chi connectivity index (χ1) is 11.2. The predicted molar refractivity (Wildman–Crippen MR) is 90.1 cm³/mol. The molecule has 2 aliphatic rings. The average molecular weight is 317 g/mol. The highest BCUT2D eigenvalue weighted by atomic mass is 16.3. The molecule has 1 aliphatic carbocycles. The van der Waals surface area contributed by atoms with Crippen LogP contribution < -0.4 is 10.6 Å². The van der Waals surface area contributed by atoms with E-state index in [2.05, 4.69) is 15.5 Å². The average Bonchev–Trinajstić information content (AvgIpc) is 3.15. The number of amides is 2. The van der Waals surface area contributed by atoms with Crippen molar-refractivity contribution in [3.05, 3.63) is 35.9 Å². The Bertz CT molecular complexity index is 510. The van der Waals surface area contributed by atoms with E-state index in [9.17, 15) is 9.90 Å². The predicted octanol–water partition coefficient (Wildman–Crippen LogP) is 1.90. The number of nitrogens with one attached hydrogen (secondary N) is 2. The summed E-state index contributed by atoms with van der Waals surface area (Å²) in [6, 6.07) is 9.21. The number of urea groups is 1. The van der Waals surface area contributed by atoms with E-state index in [0.717, 1.165) is 18.7 Å². The molecule has 1 heterocycles. The lowest BCUT2D eigenvalue weighted by Gasteiger charge is -2.23. The van der Waals surface area contributed by atoms with Crippen LogP contribution in [0.4, 0.5) is 4.79 Å². The normalized spacial score (nSPS) is 20.9. The van der Waals surface area contributed by atoms with Crippen molar-refractivity contribution in [3.63, 3.8) is 0 Å². The quantitative estimate of drug-likeness (QED) is 0.719. The van der Waals surface area contributed by atoms with Gasteiger partial charge in [0.25, 0.3) is 0 Å². The molecule has 3 rings (SSSR count). The third kappa shape index (κ3) is 4.69. The molecule has 1 aromatic rings.